The Balaban J connectivity index is 1.89. The first-order chi connectivity index (χ1) is 10.0. The maximum Gasteiger partial charge on any atom is 0.240 e. The van der Waals surface area contributed by atoms with Crippen molar-refractivity contribution < 1.29 is 17.9 Å². The van der Waals surface area contributed by atoms with Gasteiger partial charge in [0.05, 0.1) is 11.5 Å². The van der Waals surface area contributed by atoms with E-state index < -0.39 is 10.0 Å². The van der Waals surface area contributed by atoms with Crippen LogP contribution < -0.4 is 4.72 Å². The molecule has 1 aliphatic rings. The fourth-order valence-corrected chi connectivity index (χ4v) is 3.03. The highest BCUT2D eigenvalue weighted by molar-refractivity contribution is 7.89. The Kier molecular flexibility index (Phi) is 5.52. The zero-order chi connectivity index (χ0) is 15.3. The summed E-state index contributed by atoms with van der Waals surface area (Å²) in [5.41, 5.74) is 2.08. The molecule has 1 saturated heterocycles. The van der Waals surface area contributed by atoms with Gasteiger partial charge in [-0.15, -0.1) is 0 Å². The van der Waals surface area contributed by atoms with Crippen molar-refractivity contribution in [2.24, 2.45) is 0 Å². The summed E-state index contributed by atoms with van der Waals surface area (Å²) in [5, 5.41) is 0. The van der Waals surface area contributed by atoms with Gasteiger partial charge in [-0.1, -0.05) is 23.8 Å². The van der Waals surface area contributed by atoms with Gasteiger partial charge in [-0.2, -0.15) is 0 Å². The van der Waals surface area contributed by atoms with E-state index in [2.05, 4.69) is 4.72 Å². The van der Waals surface area contributed by atoms with E-state index in [4.69, 9.17) is 9.47 Å². The van der Waals surface area contributed by atoms with Gasteiger partial charge in [-0.3, -0.25) is 0 Å². The predicted octanol–water partition coefficient (Wildman–Crippen LogP) is 1.98. The third kappa shape index (κ3) is 4.64. The monoisotopic (exact) mass is 311 g/mol. The van der Waals surface area contributed by atoms with Crippen LogP contribution in [0.4, 0.5) is 0 Å². The summed E-state index contributed by atoms with van der Waals surface area (Å²) in [6, 6.07) is 6.78. The lowest BCUT2D eigenvalue weighted by Crippen LogP contribution is -2.24. The van der Waals surface area contributed by atoms with Crippen molar-refractivity contribution in [2.45, 2.75) is 31.5 Å². The summed E-state index contributed by atoms with van der Waals surface area (Å²) in [7, 11) is -3.46. The minimum absolute atomic E-state index is 0.199. The third-order valence-corrected chi connectivity index (χ3v) is 4.67. The highest BCUT2D eigenvalue weighted by Crippen LogP contribution is 2.19. The van der Waals surface area contributed by atoms with Gasteiger partial charge in [0.15, 0.2) is 6.29 Å². The number of rotatable bonds is 6. The Morgan fingerprint density at radius 2 is 2.10 bits per heavy atom. The second-order valence-electron chi connectivity index (χ2n) is 4.93. The second kappa shape index (κ2) is 7.17. The van der Waals surface area contributed by atoms with Gasteiger partial charge in [-0.25, -0.2) is 13.1 Å². The van der Waals surface area contributed by atoms with Crippen molar-refractivity contribution in [1.29, 1.82) is 0 Å². The zero-order valence-corrected chi connectivity index (χ0v) is 13.2. The number of ether oxygens (including phenoxy) is 2. The average molecular weight is 311 g/mol. The molecule has 1 aromatic rings. The van der Waals surface area contributed by atoms with Crippen LogP contribution in [-0.4, -0.2) is 34.5 Å². The van der Waals surface area contributed by atoms with Crippen LogP contribution in [-0.2, 0) is 19.5 Å². The first-order valence-electron chi connectivity index (χ1n) is 6.98. The van der Waals surface area contributed by atoms with Crippen molar-refractivity contribution in [2.75, 3.05) is 19.8 Å². The first kappa shape index (κ1) is 16.2. The SMILES string of the molecule is CCO[C@H]1C/C(=C/CNS(=O)(=O)c2ccc(C)cc2)CO1. The van der Waals surface area contributed by atoms with Crippen molar-refractivity contribution in [3.63, 3.8) is 0 Å². The second-order valence-corrected chi connectivity index (χ2v) is 6.69. The number of aryl methyl sites for hydroxylation is 1. The van der Waals surface area contributed by atoms with E-state index in [1.165, 1.54) is 0 Å². The van der Waals surface area contributed by atoms with Crippen LogP contribution >= 0.6 is 0 Å². The molecule has 1 fully saturated rings. The molecule has 116 valence electrons. The van der Waals surface area contributed by atoms with Crippen LogP contribution in [0.5, 0.6) is 0 Å². The molecule has 0 amide bonds. The normalized spacial score (nSPS) is 21.0. The van der Waals surface area contributed by atoms with Gasteiger partial charge in [0.1, 0.15) is 0 Å². The molecule has 1 heterocycles. The Morgan fingerprint density at radius 3 is 2.76 bits per heavy atom. The summed E-state index contributed by atoms with van der Waals surface area (Å²) in [6.07, 6.45) is 2.35. The molecule has 6 heteroatoms. The van der Waals surface area contributed by atoms with Gasteiger partial charge in [0.2, 0.25) is 10.0 Å². The van der Waals surface area contributed by atoms with Crippen LogP contribution in [0.25, 0.3) is 0 Å². The highest BCUT2D eigenvalue weighted by atomic mass is 32.2. The molecule has 1 aromatic carbocycles. The standard InChI is InChI=1S/C15H21NO4S/c1-3-19-15-10-13(11-20-15)8-9-16-21(17,18)14-6-4-12(2)5-7-14/h4-8,15-16H,3,9-11H2,1-2H3/b13-8-/t15-/m1/s1. The third-order valence-electron chi connectivity index (χ3n) is 3.23. The Hall–Kier alpha value is -1.21. The van der Waals surface area contributed by atoms with E-state index >= 15 is 0 Å². The van der Waals surface area contributed by atoms with Gasteiger partial charge < -0.3 is 9.47 Å². The van der Waals surface area contributed by atoms with Crippen molar-refractivity contribution in [1.82, 2.24) is 4.72 Å². The first-order valence-corrected chi connectivity index (χ1v) is 8.47. The van der Waals surface area contributed by atoms with Crippen molar-refractivity contribution in [3.8, 4) is 0 Å². The zero-order valence-electron chi connectivity index (χ0n) is 12.3. The minimum Gasteiger partial charge on any atom is -0.353 e. The molecule has 1 N–H and O–H groups in total. The minimum atomic E-state index is -3.46. The lowest BCUT2D eigenvalue weighted by molar-refractivity contribution is -0.106. The highest BCUT2D eigenvalue weighted by Gasteiger charge is 2.20. The van der Waals surface area contributed by atoms with E-state index in [1.54, 1.807) is 24.3 Å². The van der Waals surface area contributed by atoms with Crippen molar-refractivity contribution in [3.05, 3.63) is 41.5 Å². The lowest BCUT2D eigenvalue weighted by atomic mass is 10.2. The molecule has 0 aliphatic carbocycles. The Morgan fingerprint density at radius 1 is 1.38 bits per heavy atom. The number of hydrogen-bond acceptors (Lipinski definition) is 4. The Bertz CT molecular complexity index is 593. The summed E-state index contributed by atoms with van der Waals surface area (Å²) < 4.78 is 37.5. The molecule has 0 unspecified atom stereocenters. The van der Waals surface area contributed by atoms with Crippen LogP contribution in [0.1, 0.15) is 18.9 Å². The molecule has 2 rings (SSSR count). The fourth-order valence-electron chi connectivity index (χ4n) is 2.06. The smallest absolute Gasteiger partial charge is 0.240 e. The van der Waals surface area contributed by atoms with Gasteiger partial charge in [-0.05, 0) is 31.6 Å². The largest absolute Gasteiger partial charge is 0.353 e. The topological polar surface area (TPSA) is 64.6 Å². The summed E-state index contributed by atoms with van der Waals surface area (Å²) in [6.45, 7) is 5.20. The quantitative estimate of drug-likeness (QED) is 0.816. The molecule has 0 saturated carbocycles. The number of benzene rings is 1. The van der Waals surface area contributed by atoms with Crippen LogP contribution in [0.3, 0.4) is 0 Å². The maximum absolute atomic E-state index is 12.1. The Labute approximate surface area is 126 Å². The van der Waals surface area contributed by atoms with E-state index in [0.717, 1.165) is 11.1 Å². The summed E-state index contributed by atoms with van der Waals surface area (Å²) in [4.78, 5) is 0.279. The maximum atomic E-state index is 12.1. The summed E-state index contributed by atoms with van der Waals surface area (Å²) in [5.74, 6) is 0. The number of sulfonamides is 1. The predicted molar refractivity (Wildman–Crippen MR) is 80.4 cm³/mol. The fraction of sp³-hybridized carbons (Fsp3) is 0.467. The van der Waals surface area contributed by atoms with E-state index in [9.17, 15) is 8.42 Å². The molecule has 0 radical (unpaired) electrons. The molecule has 0 aromatic heterocycles. The molecule has 21 heavy (non-hydrogen) atoms. The molecule has 1 aliphatic heterocycles. The summed E-state index contributed by atoms with van der Waals surface area (Å²) >= 11 is 0. The average Bonchev–Trinajstić information content (AvgIpc) is 2.87. The molecule has 1 atom stereocenters. The lowest BCUT2D eigenvalue weighted by Gasteiger charge is -2.07. The van der Waals surface area contributed by atoms with Crippen LogP contribution in [0.15, 0.2) is 40.8 Å². The van der Waals surface area contributed by atoms with Crippen LogP contribution in [0, 0.1) is 6.92 Å². The molecule has 5 nitrogen and oxygen atoms in total. The van der Waals surface area contributed by atoms with Gasteiger partial charge >= 0.3 is 0 Å². The molecule has 0 spiro atoms. The number of hydrogen-bond donors (Lipinski definition) is 1. The van der Waals surface area contributed by atoms with Crippen molar-refractivity contribution >= 4 is 10.0 Å². The van der Waals surface area contributed by atoms with E-state index in [-0.39, 0.29) is 17.7 Å². The molecule has 0 bridgehead atoms. The van der Waals surface area contributed by atoms with E-state index in [0.29, 0.717) is 19.6 Å². The van der Waals surface area contributed by atoms with Gasteiger partial charge in [0, 0.05) is 19.6 Å². The van der Waals surface area contributed by atoms with Gasteiger partial charge in [0.25, 0.3) is 0 Å². The van der Waals surface area contributed by atoms with E-state index in [1.807, 2.05) is 19.9 Å². The number of nitrogens with one attached hydrogen (secondary N) is 1. The molecular weight excluding hydrogens is 290 g/mol. The van der Waals surface area contributed by atoms with Crippen LogP contribution in [0.2, 0.25) is 0 Å². The molecular formula is C15H21NO4S.